The van der Waals surface area contributed by atoms with Crippen molar-refractivity contribution >= 4 is 27.5 Å². The number of hydrogen-bond donors (Lipinski definition) is 1. The van der Waals surface area contributed by atoms with Crippen LogP contribution in [-0.2, 0) is 26.0 Å². The maximum atomic E-state index is 12.6. The first-order valence-corrected chi connectivity index (χ1v) is 11.7. The van der Waals surface area contributed by atoms with Gasteiger partial charge in [0.15, 0.2) is 5.76 Å². The van der Waals surface area contributed by atoms with Crippen molar-refractivity contribution in [3.05, 3.63) is 47.7 Å². The van der Waals surface area contributed by atoms with Crippen molar-refractivity contribution in [1.29, 1.82) is 0 Å². The lowest BCUT2D eigenvalue weighted by molar-refractivity contribution is -0.118. The molecule has 31 heavy (non-hydrogen) atoms. The number of morpholine rings is 1. The maximum absolute atomic E-state index is 12.6. The fraction of sp³-hybridized carbons (Fsp3) is 0.429. The van der Waals surface area contributed by atoms with Crippen LogP contribution in [0.15, 0.2) is 45.9 Å². The number of sulfonamides is 1. The van der Waals surface area contributed by atoms with Gasteiger partial charge in [-0.1, -0.05) is 18.2 Å². The quantitative estimate of drug-likeness (QED) is 0.717. The molecule has 1 N–H and O–H groups in total. The SMILES string of the molecule is O=C(NCCC(=O)N1CCCc2ccccc21)c1ccc(S(=O)(=O)N2CCOCC2)o1. The second-order valence-corrected chi connectivity index (χ2v) is 9.29. The second-order valence-electron chi connectivity index (χ2n) is 7.42. The van der Waals surface area contributed by atoms with Crippen LogP contribution in [0.25, 0.3) is 0 Å². The number of nitrogens with zero attached hydrogens (tertiary/aromatic N) is 2. The van der Waals surface area contributed by atoms with Gasteiger partial charge >= 0.3 is 0 Å². The van der Waals surface area contributed by atoms with Gasteiger partial charge in [-0.25, -0.2) is 8.42 Å². The van der Waals surface area contributed by atoms with Gasteiger partial charge in [0.05, 0.1) is 13.2 Å². The molecule has 1 aromatic carbocycles. The van der Waals surface area contributed by atoms with E-state index in [0.717, 1.165) is 24.1 Å². The predicted octanol–water partition coefficient (Wildman–Crippen LogP) is 1.40. The van der Waals surface area contributed by atoms with Gasteiger partial charge in [-0.3, -0.25) is 9.59 Å². The van der Waals surface area contributed by atoms with Crippen LogP contribution in [0.2, 0.25) is 0 Å². The minimum Gasteiger partial charge on any atom is -0.438 e. The van der Waals surface area contributed by atoms with Gasteiger partial charge in [0.25, 0.3) is 15.9 Å². The van der Waals surface area contributed by atoms with E-state index in [-0.39, 0.29) is 42.8 Å². The number of aryl methyl sites for hydroxylation is 1. The van der Waals surface area contributed by atoms with Crippen molar-refractivity contribution in [1.82, 2.24) is 9.62 Å². The molecule has 1 saturated heterocycles. The number of benzene rings is 1. The van der Waals surface area contributed by atoms with Gasteiger partial charge in [-0.05, 0) is 36.6 Å². The highest BCUT2D eigenvalue weighted by molar-refractivity contribution is 7.89. The van der Waals surface area contributed by atoms with Crippen LogP contribution in [0.4, 0.5) is 5.69 Å². The Morgan fingerprint density at radius 3 is 2.61 bits per heavy atom. The Balaban J connectivity index is 1.32. The monoisotopic (exact) mass is 447 g/mol. The van der Waals surface area contributed by atoms with Crippen LogP contribution in [-0.4, -0.2) is 63.9 Å². The van der Waals surface area contributed by atoms with Gasteiger partial charge in [-0.15, -0.1) is 0 Å². The van der Waals surface area contributed by atoms with E-state index in [9.17, 15) is 18.0 Å². The minimum absolute atomic E-state index is 0.0671. The summed E-state index contributed by atoms with van der Waals surface area (Å²) in [6, 6.07) is 10.4. The van der Waals surface area contributed by atoms with Crippen molar-refractivity contribution in [3.63, 3.8) is 0 Å². The number of amides is 2. The van der Waals surface area contributed by atoms with Crippen molar-refractivity contribution in [2.75, 3.05) is 44.3 Å². The van der Waals surface area contributed by atoms with Crippen molar-refractivity contribution < 1.29 is 27.2 Å². The Bertz CT molecular complexity index is 1060. The van der Waals surface area contributed by atoms with E-state index in [4.69, 9.17) is 9.15 Å². The summed E-state index contributed by atoms with van der Waals surface area (Å²) < 4.78 is 36.9. The minimum atomic E-state index is -3.81. The molecule has 0 spiro atoms. The first kappa shape index (κ1) is 21.5. The highest BCUT2D eigenvalue weighted by Crippen LogP contribution is 2.27. The number of rotatable bonds is 6. The Morgan fingerprint density at radius 2 is 1.81 bits per heavy atom. The zero-order chi connectivity index (χ0) is 21.8. The lowest BCUT2D eigenvalue weighted by Crippen LogP contribution is -2.40. The van der Waals surface area contributed by atoms with Crippen LogP contribution < -0.4 is 10.2 Å². The van der Waals surface area contributed by atoms with E-state index in [0.29, 0.717) is 19.8 Å². The summed E-state index contributed by atoms with van der Waals surface area (Å²) in [5, 5.41) is 2.35. The molecule has 2 amide bonds. The number of nitrogens with one attached hydrogen (secondary N) is 1. The summed E-state index contributed by atoms with van der Waals surface area (Å²) in [7, 11) is -3.81. The molecule has 1 aromatic heterocycles. The number of para-hydroxylation sites is 1. The topological polar surface area (TPSA) is 109 Å². The van der Waals surface area contributed by atoms with Gasteiger partial charge in [0.1, 0.15) is 0 Å². The van der Waals surface area contributed by atoms with Gasteiger partial charge in [0, 0.05) is 38.3 Å². The molecule has 4 rings (SSSR count). The van der Waals surface area contributed by atoms with Crippen LogP contribution in [0.5, 0.6) is 0 Å². The van der Waals surface area contributed by atoms with Crippen molar-refractivity contribution in [2.24, 2.45) is 0 Å². The molecule has 1 fully saturated rings. The summed E-state index contributed by atoms with van der Waals surface area (Å²) in [5.41, 5.74) is 2.07. The molecule has 0 saturated carbocycles. The third kappa shape index (κ3) is 4.65. The molecule has 3 heterocycles. The standard InChI is InChI=1S/C21H25N3O6S/c25-19(24-11-3-5-16-4-1-2-6-17(16)24)9-10-22-21(26)18-7-8-20(30-18)31(27,28)23-12-14-29-15-13-23/h1-2,4,6-8H,3,5,9-15H2,(H,22,26). The molecule has 0 radical (unpaired) electrons. The second kappa shape index (κ2) is 9.21. The average molecular weight is 448 g/mol. The Hall–Kier alpha value is -2.69. The van der Waals surface area contributed by atoms with Crippen LogP contribution in [0.1, 0.15) is 29.0 Å². The Kier molecular flexibility index (Phi) is 6.40. The van der Waals surface area contributed by atoms with E-state index in [1.54, 1.807) is 4.90 Å². The molecule has 2 aliphatic rings. The predicted molar refractivity (Wildman–Crippen MR) is 112 cm³/mol. The zero-order valence-corrected chi connectivity index (χ0v) is 17.9. The number of hydrogen-bond acceptors (Lipinski definition) is 6. The third-order valence-corrected chi connectivity index (χ3v) is 7.18. The number of ether oxygens (including phenoxy) is 1. The molecular weight excluding hydrogens is 422 g/mol. The summed E-state index contributed by atoms with van der Waals surface area (Å²) in [6.07, 6.45) is 1.99. The third-order valence-electron chi connectivity index (χ3n) is 5.41. The van der Waals surface area contributed by atoms with Crippen LogP contribution in [0.3, 0.4) is 0 Å². The number of furan rings is 1. The van der Waals surface area contributed by atoms with Gasteiger partial charge < -0.3 is 19.4 Å². The molecule has 10 heteroatoms. The maximum Gasteiger partial charge on any atom is 0.287 e. The molecule has 2 aliphatic heterocycles. The molecule has 2 aromatic rings. The van der Waals surface area contributed by atoms with E-state index >= 15 is 0 Å². The highest BCUT2D eigenvalue weighted by atomic mass is 32.2. The molecule has 0 atom stereocenters. The fourth-order valence-corrected chi connectivity index (χ4v) is 5.11. The highest BCUT2D eigenvalue weighted by Gasteiger charge is 2.30. The zero-order valence-electron chi connectivity index (χ0n) is 17.1. The summed E-state index contributed by atoms with van der Waals surface area (Å²) in [6.45, 7) is 1.91. The largest absolute Gasteiger partial charge is 0.438 e. The number of anilines is 1. The molecule has 0 aliphatic carbocycles. The van der Waals surface area contributed by atoms with Crippen molar-refractivity contribution in [2.45, 2.75) is 24.4 Å². The smallest absolute Gasteiger partial charge is 0.287 e. The van der Waals surface area contributed by atoms with Gasteiger partial charge in [0.2, 0.25) is 11.0 Å². The number of fused-ring (bicyclic) bond motifs is 1. The fourth-order valence-electron chi connectivity index (χ4n) is 3.79. The Labute approximate surface area is 181 Å². The van der Waals surface area contributed by atoms with Crippen LogP contribution in [0, 0.1) is 0 Å². The van der Waals surface area contributed by atoms with Gasteiger partial charge in [-0.2, -0.15) is 4.31 Å². The van der Waals surface area contributed by atoms with Crippen molar-refractivity contribution in [3.8, 4) is 0 Å². The Morgan fingerprint density at radius 1 is 1.03 bits per heavy atom. The number of carbonyl (C=O) groups is 2. The normalized spacial score (nSPS) is 17.2. The lowest BCUT2D eigenvalue weighted by Gasteiger charge is -2.29. The molecule has 166 valence electrons. The lowest BCUT2D eigenvalue weighted by atomic mass is 10.0. The molecular formula is C21H25N3O6S. The van der Waals surface area contributed by atoms with E-state index in [1.165, 1.54) is 16.4 Å². The summed E-state index contributed by atoms with van der Waals surface area (Å²) >= 11 is 0. The summed E-state index contributed by atoms with van der Waals surface area (Å²) in [4.78, 5) is 26.8. The molecule has 9 nitrogen and oxygen atoms in total. The van der Waals surface area contributed by atoms with E-state index in [1.807, 2.05) is 24.3 Å². The number of carbonyl (C=O) groups excluding carboxylic acids is 2. The van der Waals surface area contributed by atoms with E-state index < -0.39 is 15.9 Å². The molecule has 0 unspecified atom stereocenters. The molecule has 0 bridgehead atoms. The van der Waals surface area contributed by atoms with E-state index in [2.05, 4.69) is 5.32 Å². The van der Waals surface area contributed by atoms with Crippen LogP contribution >= 0.6 is 0 Å². The first-order chi connectivity index (χ1) is 15.0. The first-order valence-electron chi connectivity index (χ1n) is 10.3. The summed E-state index contributed by atoms with van der Waals surface area (Å²) in [5.74, 6) is -0.736. The average Bonchev–Trinajstić information content (AvgIpc) is 3.30.